The van der Waals surface area contributed by atoms with Gasteiger partial charge in [0.05, 0.1) is 0 Å². The largest absolute Gasteiger partial charge is 0.330 e. The Morgan fingerprint density at radius 2 is 1.50 bits per heavy atom. The van der Waals surface area contributed by atoms with Gasteiger partial charge >= 0.3 is 0 Å². The molecule has 26 heavy (non-hydrogen) atoms. The molecule has 154 valence electrons. The van der Waals surface area contributed by atoms with Crippen LogP contribution in [-0.2, 0) is 0 Å². The van der Waals surface area contributed by atoms with Gasteiger partial charge in [-0.15, -0.1) is 0 Å². The molecule has 2 heteroatoms. The van der Waals surface area contributed by atoms with Crippen molar-refractivity contribution < 1.29 is 0 Å². The van der Waals surface area contributed by atoms with Gasteiger partial charge in [0, 0.05) is 9.52 Å². The van der Waals surface area contributed by atoms with E-state index in [2.05, 4.69) is 27.7 Å². The Morgan fingerprint density at radius 3 is 2.23 bits per heavy atom. The van der Waals surface area contributed by atoms with Crippen molar-refractivity contribution >= 4 is 9.52 Å². The van der Waals surface area contributed by atoms with Crippen LogP contribution in [0.3, 0.4) is 0 Å². The fraction of sp³-hybridized carbons (Fsp3) is 0.917. The molecule has 0 aromatic rings. The van der Waals surface area contributed by atoms with Gasteiger partial charge < -0.3 is 5.73 Å². The standard InChI is InChI=1S/C24H49NSi/c1-20-12-8-6-5-7-9-14-24(26-19-11-18-25)15-10-13-21(2)23(4)22(3)17-16-20/h20-21,24H,5-19,25-26H2,1-4H3/b23-22-/t20-,21+,24?/m1/s1. The lowest BCUT2D eigenvalue weighted by molar-refractivity contribution is 0.453. The Bertz CT molecular complexity index is 376. The molecule has 1 aliphatic rings. The molecule has 0 saturated carbocycles. The van der Waals surface area contributed by atoms with E-state index in [4.69, 9.17) is 5.73 Å². The zero-order valence-corrected chi connectivity index (χ0v) is 20.0. The van der Waals surface area contributed by atoms with Crippen LogP contribution in [0.2, 0.25) is 11.6 Å². The van der Waals surface area contributed by atoms with E-state index in [1.807, 2.05) is 0 Å². The van der Waals surface area contributed by atoms with Crippen LogP contribution in [0.25, 0.3) is 0 Å². The molecule has 0 aliphatic heterocycles. The van der Waals surface area contributed by atoms with E-state index in [-0.39, 0.29) is 9.52 Å². The zero-order valence-electron chi connectivity index (χ0n) is 18.6. The number of rotatable bonds is 4. The quantitative estimate of drug-likeness (QED) is 0.317. The molecular formula is C24H49NSi. The van der Waals surface area contributed by atoms with Crippen molar-refractivity contribution in [2.75, 3.05) is 6.54 Å². The van der Waals surface area contributed by atoms with Crippen LogP contribution in [0.15, 0.2) is 11.1 Å². The normalized spacial score (nSPS) is 32.0. The molecule has 0 aromatic carbocycles. The predicted molar refractivity (Wildman–Crippen MR) is 123 cm³/mol. The van der Waals surface area contributed by atoms with Gasteiger partial charge in [-0.25, -0.2) is 0 Å². The van der Waals surface area contributed by atoms with Crippen LogP contribution < -0.4 is 5.73 Å². The van der Waals surface area contributed by atoms with Crippen LogP contribution >= 0.6 is 0 Å². The number of allylic oxidation sites excluding steroid dienone is 2. The maximum Gasteiger partial charge on any atom is 0.0232 e. The van der Waals surface area contributed by atoms with Gasteiger partial charge in [0.1, 0.15) is 0 Å². The molecule has 1 nitrogen and oxygen atoms in total. The maximum absolute atomic E-state index is 5.73. The van der Waals surface area contributed by atoms with E-state index in [1.165, 1.54) is 89.5 Å². The van der Waals surface area contributed by atoms with Crippen molar-refractivity contribution in [3.63, 3.8) is 0 Å². The van der Waals surface area contributed by atoms with Crippen LogP contribution in [-0.4, -0.2) is 16.1 Å². The molecule has 0 heterocycles. The molecule has 0 amide bonds. The maximum atomic E-state index is 5.73. The van der Waals surface area contributed by atoms with Crippen molar-refractivity contribution in [3.05, 3.63) is 11.1 Å². The molecule has 0 saturated heterocycles. The van der Waals surface area contributed by atoms with Gasteiger partial charge in [0.2, 0.25) is 0 Å². The smallest absolute Gasteiger partial charge is 0.0232 e. The lowest BCUT2D eigenvalue weighted by Crippen LogP contribution is -2.08. The average Bonchev–Trinajstić information content (AvgIpc) is 2.63. The minimum absolute atomic E-state index is 0.0971. The fourth-order valence-corrected chi connectivity index (χ4v) is 6.93. The van der Waals surface area contributed by atoms with Crippen molar-refractivity contribution in [2.45, 2.75) is 123 Å². The van der Waals surface area contributed by atoms with Gasteiger partial charge in [0.25, 0.3) is 0 Å². The highest BCUT2D eigenvalue weighted by Gasteiger charge is 2.13. The Labute approximate surface area is 167 Å². The Kier molecular flexibility index (Phi) is 13.7. The monoisotopic (exact) mass is 379 g/mol. The van der Waals surface area contributed by atoms with Crippen molar-refractivity contribution in [1.29, 1.82) is 0 Å². The fourth-order valence-electron chi connectivity index (χ4n) is 4.62. The second kappa shape index (κ2) is 14.9. The van der Waals surface area contributed by atoms with Gasteiger partial charge in [-0.1, -0.05) is 94.4 Å². The summed E-state index contributed by atoms with van der Waals surface area (Å²) in [4.78, 5) is 0. The molecule has 1 unspecified atom stereocenters. The summed E-state index contributed by atoms with van der Waals surface area (Å²) in [6.45, 7) is 10.6. The SMILES string of the molecule is C/C1=C(\C)[C@@H](C)CCCC([SiH2]CCCN)CCCCCCC[C@@H](C)CC1. The van der Waals surface area contributed by atoms with E-state index in [0.29, 0.717) is 0 Å². The second-order valence-corrected chi connectivity index (χ2v) is 11.9. The van der Waals surface area contributed by atoms with Crippen LogP contribution in [0.4, 0.5) is 0 Å². The van der Waals surface area contributed by atoms with Crippen LogP contribution in [0.5, 0.6) is 0 Å². The lowest BCUT2D eigenvalue weighted by Gasteiger charge is -2.20. The van der Waals surface area contributed by atoms with E-state index in [0.717, 1.165) is 23.9 Å². The third-order valence-electron chi connectivity index (χ3n) is 7.05. The van der Waals surface area contributed by atoms with E-state index in [1.54, 1.807) is 11.1 Å². The third kappa shape index (κ3) is 10.9. The summed E-state index contributed by atoms with van der Waals surface area (Å²) in [5.74, 6) is 1.69. The van der Waals surface area contributed by atoms with Crippen molar-refractivity contribution in [2.24, 2.45) is 17.6 Å². The molecule has 2 N–H and O–H groups in total. The number of nitrogens with two attached hydrogens (primary N) is 1. The molecule has 0 fully saturated rings. The minimum atomic E-state index is 0.0971. The van der Waals surface area contributed by atoms with Gasteiger partial charge in [-0.3, -0.25) is 0 Å². The van der Waals surface area contributed by atoms with Gasteiger partial charge in [-0.2, -0.15) is 0 Å². The summed E-state index contributed by atoms with van der Waals surface area (Å²) in [5.41, 5.74) is 10.2. The Hall–Kier alpha value is -0.0831. The number of hydrogen-bond acceptors (Lipinski definition) is 1. The summed E-state index contributed by atoms with van der Waals surface area (Å²) >= 11 is 0. The average molecular weight is 380 g/mol. The molecule has 1 rings (SSSR count). The molecule has 0 aromatic heterocycles. The van der Waals surface area contributed by atoms with Crippen LogP contribution in [0, 0.1) is 11.8 Å². The van der Waals surface area contributed by atoms with E-state index >= 15 is 0 Å². The van der Waals surface area contributed by atoms with Gasteiger partial charge in [-0.05, 0) is 57.9 Å². The first kappa shape index (κ1) is 24.0. The highest BCUT2D eigenvalue weighted by Crippen LogP contribution is 2.29. The molecule has 0 radical (unpaired) electrons. The molecule has 0 spiro atoms. The summed E-state index contributed by atoms with van der Waals surface area (Å²) in [5, 5.41) is 0. The number of hydrogen-bond donors (Lipinski definition) is 1. The summed E-state index contributed by atoms with van der Waals surface area (Å²) in [6.07, 6.45) is 18.7. The zero-order chi connectivity index (χ0) is 19.2. The highest BCUT2D eigenvalue weighted by atomic mass is 28.2. The Balaban J connectivity index is 2.59. The molecule has 1 aliphatic carbocycles. The lowest BCUT2D eigenvalue weighted by atomic mass is 9.89. The predicted octanol–water partition coefficient (Wildman–Crippen LogP) is 7.01. The first-order chi connectivity index (χ1) is 12.5. The van der Waals surface area contributed by atoms with E-state index in [9.17, 15) is 0 Å². The molecular weight excluding hydrogens is 330 g/mol. The molecule has 0 bridgehead atoms. The first-order valence-electron chi connectivity index (χ1n) is 11.9. The summed E-state index contributed by atoms with van der Waals surface area (Å²) in [6, 6.07) is 1.48. The highest BCUT2D eigenvalue weighted by molar-refractivity contribution is 6.37. The second-order valence-electron chi connectivity index (χ2n) is 9.43. The van der Waals surface area contributed by atoms with Crippen molar-refractivity contribution in [3.8, 4) is 0 Å². The summed E-state index contributed by atoms with van der Waals surface area (Å²) < 4.78 is 0. The van der Waals surface area contributed by atoms with Crippen LogP contribution in [0.1, 0.15) is 111 Å². The first-order valence-corrected chi connectivity index (χ1v) is 13.7. The summed E-state index contributed by atoms with van der Waals surface area (Å²) in [7, 11) is 0.0971. The molecule has 3 atom stereocenters. The Morgan fingerprint density at radius 1 is 0.846 bits per heavy atom. The topological polar surface area (TPSA) is 26.0 Å². The minimum Gasteiger partial charge on any atom is -0.330 e. The van der Waals surface area contributed by atoms with Gasteiger partial charge in [0.15, 0.2) is 0 Å². The van der Waals surface area contributed by atoms with Crippen molar-refractivity contribution in [1.82, 2.24) is 0 Å². The third-order valence-corrected chi connectivity index (χ3v) is 9.59. The van der Waals surface area contributed by atoms with E-state index < -0.39 is 0 Å².